The molecule has 0 spiro atoms. The summed E-state index contributed by atoms with van der Waals surface area (Å²) in [7, 11) is 4.01. The van der Waals surface area contributed by atoms with E-state index in [2.05, 4.69) is 39.5 Å². The molecule has 336 valence electrons. The molecule has 9 nitrogen and oxygen atoms in total. The van der Waals surface area contributed by atoms with E-state index in [1.54, 1.807) is 0 Å². The van der Waals surface area contributed by atoms with Crippen molar-refractivity contribution < 1.29 is 38.1 Å². The lowest BCUT2D eigenvalue weighted by Crippen LogP contribution is -2.44. The molecule has 0 amide bonds. The van der Waals surface area contributed by atoms with E-state index in [9.17, 15) is 19.2 Å². The first-order valence-corrected chi connectivity index (χ1v) is 23.9. The van der Waals surface area contributed by atoms with Gasteiger partial charge in [0.1, 0.15) is 31.8 Å². The molecule has 0 aromatic rings. The maximum atomic E-state index is 13.9. The fourth-order valence-electron chi connectivity index (χ4n) is 7.15. The van der Waals surface area contributed by atoms with Gasteiger partial charge >= 0.3 is 23.9 Å². The lowest BCUT2D eigenvalue weighted by Gasteiger charge is -2.33. The molecule has 0 heterocycles. The first-order valence-electron chi connectivity index (χ1n) is 23.9. The Kier molecular flexibility index (Phi) is 36.6. The van der Waals surface area contributed by atoms with Crippen molar-refractivity contribution in [1.82, 2.24) is 4.90 Å². The Morgan fingerprint density at radius 1 is 0.404 bits per heavy atom. The maximum Gasteiger partial charge on any atom is 0.308 e. The quantitative estimate of drug-likeness (QED) is 0.0339. The fraction of sp³-hybridized carbons (Fsp3) is 0.917. The van der Waals surface area contributed by atoms with Crippen LogP contribution in [0.1, 0.15) is 221 Å². The molecule has 0 radical (unpaired) electrons. The van der Waals surface area contributed by atoms with Crippen LogP contribution >= 0.6 is 0 Å². The predicted octanol–water partition coefficient (Wildman–Crippen LogP) is 12.4. The van der Waals surface area contributed by atoms with Gasteiger partial charge in [0.25, 0.3) is 0 Å². The Balaban J connectivity index is 6.39. The average molecular weight is 810 g/mol. The smallest absolute Gasteiger partial charge is 0.308 e. The number of hydrogen-bond donors (Lipinski definition) is 0. The normalized spacial score (nSPS) is 11.8. The van der Waals surface area contributed by atoms with E-state index < -0.39 is 5.41 Å². The van der Waals surface area contributed by atoms with E-state index in [1.807, 2.05) is 14.1 Å². The first-order chi connectivity index (χ1) is 27.6. The van der Waals surface area contributed by atoms with Gasteiger partial charge in [0.2, 0.25) is 0 Å². The van der Waals surface area contributed by atoms with Crippen molar-refractivity contribution in [2.45, 2.75) is 221 Å². The van der Waals surface area contributed by atoms with Gasteiger partial charge in [-0.2, -0.15) is 0 Å². The number of unbranched alkanes of at least 4 members (excludes halogenated alkanes) is 17. The molecule has 0 aliphatic carbocycles. The summed E-state index contributed by atoms with van der Waals surface area (Å²) in [5.74, 6) is -1.74. The second-order valence-corrected chi connectivity index (χ2v) is 17.3. The minimum absolute atomic E-state index is 0.172. The van der Waals surface area contributed by atoms with Gasteiger partial charge in [0.05, 0.1) is 11.8 Å². The molecule has 0 rings (SSSR count). The van der Waals surface area contributed by atoms with Gasteiger partial charge in [-0.1, -0.05) is 163 Å². The van der Waals surface area contributed by atoms with Gasteiger partial charge in [-0.05, 0) is 65.6 Å². The lowest BCUT2D eigenvalue weighted by atomic mass is 9.90. The highest BCUT2D eigenvalue weighted by molar-refractivity contribution is 5.73. The van der Waals surface area contributed by atoms with Crippen molar-refractivity contribution in [2.75, 3.05) is 47.1 Å². The molecule has 0 saturated carbocycles. The molecular formula is C48H91NO8. The molecule has 0 atom stereocenters. The van der Waals surface area contributed by atoms with E-state index in [0.717, 1.165) is 173 Å². The van der Waals surface area contributed by atoms with Crippen LogP contribution < -0.4 is 0 Å². The summed E-state index contributed by atoms with van der Waals surface area (Å²) in [5.41, 5.74) is -1.23. The zero-order chi connectivity index (χ0) is 42.4. The van der Waals surface area contributed by atoms with Crippen LogP contribution in [-0.2, 0) is 38.1 Å². The second-order valence-electron chi connectivity index (χ2n) is 17.3. The molecule has 0 N–H and O–H groups in total. The van der Waals surface area contributed by atoms with Crippen LogP contribution in [0.3, 0.4) is 0 Å². The molecular weight excluding hydrogens is 719 g/mol. The molecule has 9 heteroatoms. The van der Waals surface area contributed by atoms with Gasteiger partial charge in [0.15, 0.2) is 0 Å². The Labute approximate surface area is 351 Å². The highest BCUT2D eigenvalue weighted by Crippen LogP contribution is 2.27. The van der Waals surface area contributed by atoms with Gasteiger partial charge in [0, 0.05) is 12.8 Å². The van der Waals surface area contributed by atoms with E-state index in [-0.39, 0.29) is 75.0 Å². The molecule has 0 fully saturated rings. The van der Waals surface area contributed by atoms with Gasteiger partial charge in [-0.15, -0.1) is 0 Å². The Hall–Kier alpha value is -2.16. The monoisotopic (exact) mass is 810 g/mol. The Morgan fingerprint density at radius 2 is 0.702 bits per heavy atom. The maximum absolute atomic E-state index is 13.9. The molecule has 0 aromatic carbocycles. The topological polar surface area (TPSA) is 108 Å². The van der Waals surface area contributed by atoms with Gasteiger partial charge < -0.3 is 23.8 Å². The summed E-state index contributed by atoms with van der Waals surface area (Å²) in [4.78, 5) is 56.1. The summed E-state index contributed by atoms with van der Waals surface area (Å²) in [6.45, 7) is 11.0. The van der Waals surface area contributed by atoms with E-state index in [4.69, 9.17) is 18.9 Å². The molecule has 0 bridgehead atoms. The average Bonchev–Trinajstić information content (AvgIpc) is 3.20. The van der Waals surface area contributed by atoms with Crippen LogP contribution in [0.5, 0.6) is 0 Å². The van der Waals surface area contributed by atoms with Crippen molar-refractivity contribution in [3.63, 3.8) is 0 Å². The van der Waals surface area contributed by atoms with Crippen LogP contribution in [0.15, 0.2) is 0 Å². The summed E-state index contributed by atoms with van der Waals surface area (Å²) < 4.78 is 24.1. The molecule has 0 unspecified atom stereocenters. The van der Waals surface area contributed by atoms with E-state index in [1.165, 1.54) is 0 Å². The Morgan fingerprint density at radius 3 is 1.04 bits per heavy atom. The van der Waals surface area contributed by atoms with E-state index in [0.29, 0.717) is 6.42 Å². The number of rotatable bonds is 41. The van der Waals surface area contributed by atoms with Crippen LogP contribution in [0.2, 0.25) is 0 Å². The van der Waals surface area contributed by atoms with E-state index >= 15 is 0 Å². The van der Waals surface area contributed by atoms with Crippen molar-refractivity contribution >= 4 is 23.9 Å². The minimum atomic E-state index is -1.23. The van der Waals surface area contributed by atoms with Crippen molar-refractivity contribution in [3.05, 3.63) is 0 Å². The van der Waals surface area contributed by atoms with Crippen molar-refractivity contribution in [2.24, 2.45) is 17.3 Å². The number of nitrogens with zero attached hydrogens (tertiary/aromatic N) is 1. The van der Waals surface area contributed by atoms with Crippen LogP contribution in [0.25, 0.3) is 0 Å². The summed E-state index contributed by atoms with van der Waals surface area (Å²) in [6, 6.07) is 0. The molecule has 0 aliphatic rings. The largest absolute Gasteiger partial charge is 0.465 e. The van der Waals surface area contributed by atoms with Gasteiger partial charge in [-0.25, -0.2) is 0 Å². The molecule has 0 saturated heterocycles. The number of carbonyl (C=O) groups excluding carboxylic acids is 4. The minimum Gasteiger partial charge on any atom is -0.465 e. The van der Waals surface area contributed by atoms with Crippen LogP contribution in [0.4, 0.5) is 0 Å². The number of hydrogen-bond acceptors (Lipinski definition) is 9. The number of esters is 4. The summed E-state index contributed by atoms with van der Waals surface area (Å²) in [6.07, 6.45) is 27.3. The highest BCUT2D eigenvalue weighted by Gasteiger charge is 2.39. The molecule has 57 heavy (non-hydrogen) atoms. The zero-order valence-electron chi connectivity index (χ0n) is 38.4. The second kappa shape index (κ2) is 38.1. The lowest BCUT2D eigenvalue weighted by molar-refractivity contribution is -0.174. The third-order valence-corrected chi connectivity index (χ3v) is 11.1. The van der Waals surface area contributed by atoms with Crippen LogP contribution in [0, 0.1) is 17.3 Å². The summed E-state index contributed by atoms with van der Waals surface area (Å²) >= 11 is 0. The third-order valence-electron chi connectivity index (χ3n) is 11.1. The molecule has 0 aliphatic heterocycles. The Bertz CT molecular complexity index is 917. The standard InChI is InChI=1S/C48H91NO8/c1-8-13-18-23-28-35-44(50)54-38-48(39-55-45(51)36-29-30-37-49(6)7,40-56-46(52)42(31-24-19-14-9-2)32-25-20-15-10-3)41-57-47(53)43(33-26-21-16-11-4)34-27-22-17-12-5/h42-43H,8-41H2,1-7H3. The van der Waals surface area contributed by atoms with Crippen molar-refractivity contribution in [1.29, 1.82) is 0 Å². The number of ether oxygens (including phenoxy) is 4. The van der Waals surface area contributed by atoms with Crippen LogP contribution in [-0.4, -0.2) is 75.8 Å². The van der Waals surface area contributed by atoms with Crippen molar-refractivity contribution in [3.8, 4) is 0 Å². The highest BCUT2D eigenvalue weighted by atomic mass is 16.6. The number of carbonyl (C=O) groups is 4. The zero-order valence-corrected chi connectivity index (χ0v) is 38.4. The SMILES string of the molecule is CCCCCCCC(=O)OCC(COC(=O)CCCCN(C)C)(COC(=O)C(CCCCCC)CCCCCC)COC(=O)C(CCCCCC)CCCCCC. The molecule has 0 aromatic heterocycles. The third kappa shape index (κ3) is 31.4. The first kappa shape index (κ1) is 54.8. The van der Waals surface area contributed by atoms with Gasteiger partial charge in [-0.3, -0.25) is 19.2 Å². The summed E-state index contributed by atoms with van der Waals surface area (Å²) in [5, 5.41) is 0. The predicted molar refractivity (Wildman–Crippen MR) is 234 cm³/mol. The fourth-order valence-corrected chi connectivity index (χ4v) is 7.15.